The zero-order chi connectivity index (χ0) is 15.0. The molecule has 0 aliphatic rings. The Morgan fingerprint density at radius 3 is 1.50 bits per heavy atom. The first-order valence-electron chi connectivity index (χ1n) is 7.27. The maximum atomic E-state index is 6.40. The van der Waals surface area contributed by atoms with E-state index in [1.807, 2.05) is 0 Å². The van der Waals surface area contributed by atoms with Crippen molar-refractivity contribution in [3.8, 4) is 0 Å². The Hall–Kier alpha value is 0.290. The molecule has 0 aromatic heterocycles. The van der Waals surface area contributed by atoms with Crippen LogP contribution >= 0.6 is 11.6 Å². The molecule has 0 radical (unpaired) electrons. The van der Waals surface area contributed by atoms with Crippen LogP contribution < -0.4 is 0 Å². The topological polar surface area (TPSA) is 0 Å². The molecular weight excluding hydrogens is 240 g/mol. The second kappa shape index (κ2) is 5.35. The molecule has 0 nitrogen and oxygen atoms in total. The maximum absolute atomic E-state index is 6.40. The van der Waals surface area contributed by atoms with Crippen LogP contribution in [0.5, 0.6) is 0 Å². The summed E-state index contributed by atoms with van der Waals surface area (Å²) in [6.07, 6.45) is 2.30. The van der Waals surface area contributed by atoms with Crippen LogP contribution in [0, 0.1) is 22.2 Å². The predicted molar refractivity (Wildman–Crippen MR) is 85.3 cm³/mol. The largest absolute Gasteiger partial charge is 0.120 e. The number of halogens is 1. The van der Waals surface area contributed by atoms with Crippen LogP contribution in [0.25, 0.3) is 0 Å². The van der Waals surface area contributed by atoms with Crippen molar-refractivity contribution >= 4 is 11.6 Å². The molecule has 18 heavy (non-hydrogen) atoms. The first-order chi connectivity index (χ1) is 7.58. The molecule has 0 saturated carbocycles. The van der Waals surface area contributed by atoms with Crippen molar-refractivity contribution in [1.82, 2.24) is 0 Å². The normalized spacial score (nSPS) is 16.8. The molecule has 0 spiro atoms. The fourth-order valence-corrected chi connectivity index (χ4v) is 2.81. The van der Waals surface area contributed by atoms with Crippen LogP contribution in [0.3, 0.4) is 0 Å². The molecule has 0 amide bonds. The molecule has 0 bridgehead atoms. The third-order valence-corrected chi connectivity index (χ3v) is 5.21. The van der Waals surface area contributed by atoms with E-state index in [1.165, 1.54) is 6.42 Å². The van der Waals surface area contributed by atoms with E-state index >= 15 is 0 Å². The summed E-state index contributed by atoms with van der Waals surface area (Å²) < 4.78 is 0. The van der Waals surface area contributed by atoms with Crippen molar-refractivity contribution in [1.29, 1.82) is 0 Å². The van der Waals surface area contributed by atoms with E-state index in [0.717, 1.165) is 6.42 Å². The quantitative estimate of drug-likeness (QED) is 0.501. The lowest BCUT2D eigenvalue weighted by molar-refractivity contribution is 0.0382. The minimum Gasteiger partial charge on any atom is -0.120 e. The van der Waals surface area contributed by atoms with Gasteiger partial charge in [0.1, 0.15) is 0 Å². The lowest BCUT2D eigenvalue weighted by Crippen LogP contribution is -2.38. The standard InChI is InChI=1S/C17H35Cl/c1-13(11-17(9,10)18)15(5,6)12-16(7,8)14(2,3)4/h13H,11-12H2,1-10H3. The Bertz CT molecular complexity index is 260. The number of hydrogen-bond donors (Lipinski definition) is 0. The van der Waals surface area contributed by atoms with Gasteiger partial charge in [-0.1, -0.05) is 55.4 Å². The van der Waals surface area contributed by atoms with Crippen LogP contribution in [0.4, 0.5) is 0 Å². The van der Waals surface area contributed by atoms with Gasteiger partial charge in [0.15, 0.2) is 0 Å². The highest BCUT2D eigenvalue weighted by atomic mass is 35.5. The molecule has 0 fully saturated rings. The maximum Gasteiger partial charge on any atom is 0.0393 e. The van der Waals surface area contributed by atoms with Gasteiger partial charge in [0.25, 0.3) is 0 Å². The van der Waals surface area contributed by atoms with Crippen LogP contribution in [0.2, 0.25) is 0 Å². The molecule has 110 valence electrons. The highest BCUT2D eigenvalue weighted by molar-refractivity contribution is 6.23. The summed E-state index contributed by atoms with van der Waals surface area (Å²) in [7, 11) is 0. The van der Waals surface area contributed by atoms with E-state index in [-0.39, 0.29) is 4.87 Å². The van der Waals surface area contributed by atoms with E-state index in [9.17, 15) is 0 Å². The lowest BCUT2D eigenvalue weighted by Gasteiger charge is -2.47. The van der Waals surface area contributed by atoms with E-state index in [1.54, 1.807) is 0 Å². The van der Waals surface area contributed by atoms with Crippen LogP contribution in [0.15, 0.2) is 0 Å². The van der Waals surface area contributed by atoms with Crippen molar-refractivity contribution in [3.05, 3.63) is 0 Å². The molecular formula is C17H35Cl. The molecule has 0 aromatic carbocycles. The van der Waals surface area contributed by atoms with Gasteiger partial charge in [-0.2, -0.15) is 0 Å². The zero-order valence-corrected chi connectivity index (χ0v) is 15.1. The van der Waals surface area contributed by atoms with E-state index < -0.39 is 0 Å². The average Bonchev–Trinajstić information content (AvgIpc) is 1.95. The first kappa shape index (κ1) is 18.3. The minimum atomic E-state index is -0.0947. The van der Waals surface area contributed by atoms with Gasteiger partial charge in [0.05, 0.1) is 0 Å². The van der Waals surface area contributed by atoms with Gasteiger partial charge in [-0.25, -0.2) is 0 Å². The summed E-state index contributed by atoms with van der Waals surface area (Å²) in [5, 5.41) is 0. The van der Waals surface area contributed by atoms with Crippen molar-refractivity contribution in [2.45, 2.75) is 87.0 Å². The first-order valence-corrected chi connectivity index (χ1v) is 7.65. The summed E-state index contributed by atoms with van der Waals surface area (Å²) >= 11 is 6.40. The Morgan fingerprint density at radius 2 is 1.22 bits per heavy atom. The van der Waals surface area contributed by atoms with Gasteiger partial charge in [-0.3, -0.25) is 0 Å². The fraction of sp³-hybridized carbons (Fsp3) is 1.00. The van der Waals surface area contributed by atoms with Gasteiger partial charge in [-0.15, -0.1) is 11.6 Å². The molecule has 0 heterocycles. The van der Waals surface area contributed by atoms with E-state index in [4.69, 9.17) is 11.6 Å². The van der Waals surface area contributed by atoms with Crippen molar-refractivity contribution in [2.75, 3.05) is 0 Å². The highest BCUT2D eigenvalue weighted by Crippen LogP contribution is 2.49. The zero-order valence-electron chi connectivity index (χ0n) is 14.4. The van der Waals surface area contributed by atoms with Crippen LogP contribution in [-0.4, -0.2) is 4.87 Å². The SMILES string of the molecule is CC(CC(C)(C)Cl)C(C)(C)CC(C)(C)C(C)(C)C. The van der Waals surface area contributed by atoms with Gasteiger partial charge in [0.2, 0.25) is 0 Å². The summed E-state index contributed by atoms with van der Waals surface area (Å²) in [4.78, 5) is -0.0947. The molecule has 0 aliphatic heterocycles. The lowest BCUT2D eigenvalue weighted by atomic mass is 9.59. The predicted octanol–water partition coefficient (Wildman–Crippen LogP) is 6.52. The number of rotatable bonds is 5. The highest BCUT2D eigenvalue weighted by Gasteiger charge is 2.40. The van der Waals surface area contributed by atoms with Gasteiger partial charge in [-0.05, 0) is 48.9 Å². The van der Waals surface area contributed by atoms with Gasteiger partial charge >= 0.3 is 0 Å². The number of alkyl halides is 1. The summed E-state index contributed by atoms with van der Waals surface area (Å²) in [6.45, 7) is 23.2. The second-order valence-corrected chi connectivity index (χ2v) is 10.1. The molecule has 1 heteroatoms. The Morgan fingerprint density at radius 1 is 0.833 bits per heavy atom. The van der Waals surface area contributed by atoms with Crippen molar-refractivity contribution in [2.24, 2.45) is 22.2 Å². The fourth-order valence-electron chi connectivity index (χ4n) is 2.58. The summed E-state index contributed by atoms with van der Waals surface area (Å²) in [6, 6.07) is 0. The Balaban J connectivity index is 4.85. The molecule has 1 unspecified atom stereocenters. The third-order valence-electron chi connectivity index (χ3n) is 5.05. The van der Waals surface area contributed by atoms with Crippen LogP contribution in [-0.2, 0) is 0 Å². The summed E-state index contributed by atoms with van der Waals surface area (Å²) in [5.74, 6) is 0.631. The van der Waals surface area contributed by atoms with Crippen LogP contribution in [0.1, 0.15) is 82.1 Å². The molecule has 0 aliphatic carbocycles. The Kier molecular flexibility index (Phi) is 5.43. The third kappa shape index (κ3) is 5.51. The Labute approximate surface area is 121 Å². The van der Waals surface area contributed by atoms with Crippen molar-refractivity contribution < 1.29 is 0 Å². The molecule has 0 saturated heterocycles. The smallest absolute Gasteiger partial charge is 0.0393 e. The molecule has 0 N–H and O–H groups in total. The number of hydrogen-bond acceptors (Lipinski definition) is 0. The second-order valence-electron chi connectivity index (χ2n) is 9.12. The summed E-state index contributed by atoms with van der Waals surface area (Å²) in [5.41, 5.74) is 0.991. The van der Waals surface area contributed by atoms with Crippen molar-refractivity contribution in [3.63, 3.8) is 0 Å². The van der Waals surface area contributed by atoms with E-state index in [0.29, 0.717) is 22.2 Å². The molecule has 0 rings (SSSR count). The van der Waals surface area contributed by atoms with E-state index in [2.05, 4.69) is 69.2 Å². The minimum absolute atomic E-state index is 0.0947. The monoisotopic (exact) mass is 274 g/mol. The average molecular weight is 275 g/mol. The van der Waals surface area contributed by atoms with Gasteiger partial charge in [0, 0.05) is 4.87 Å². The molecule has 0 aromatic rings. The van der Waals surface area contributed by atoms with Gasteiger partial charge < -0.3 is 0 Å². The molecule has 1 atom stereocenters.